The molecule has 0 aliphatic heterocycles. The van der Waals surface area contributed by atoms with Gasteiger partial charge in [0.25, 0.3) is 5.91 Å². The summed E-state index contributed by atoms with van der Waals surface area (Å²) in [6.45, 7) is 1.87. The van der Waals surface area contributed by atoms with E-state index in [0.717, 1.165) is 10.2 Å². The van der Waals surface area contributed by atoms with Crippen LogP contribution in [0.4, 0.5) is 5.69 Å². The number of hydrogen-bond donors (Lipinski definition) is 1. The van der Waals surface area contributed by atoms with Crippen LogP contribution in [-0.4, -0.2) is 18.0 Å². The van der Waals surface area contributed by atoms with E-state index in [9.17, 15) is 4.79 Å². The quantitative estimate of drug-likeness (QED) is 0.942. The van der Waals surface area contributed by atoms with Gasteiger partial charge in [0.15, 0.2) is 0 Å². The number of ether oxygens (including phenoxy) is 1. The van der Waals surface area contributed by atoms with Crippen LogP contribution in [-0.2, 0) is 0 Å². The third-order valence-electron chi connectivity index (χ3n) is 2.58. The fourth-order valence-corrected chi connectivity index (χ4v) is 1.94. The van der Waals surface area contributed by atoms with E-state index in [2.05, 4.69) is 26.2 Å². The second kappa shape index (κ2) is 5.84. The summed E-state index contributed by atoms with van der Waals surface area (Å²) in [7, 11) is 1.56. The number of methoxy groups -OCH3 is 1. The Morgan fingerprint density at radius 1 is 1.32 bits per heavy atom. The highest BCUT2D eigenvalue weighted by molar-refractivity contribution is 9.10. The summed E-state index contributed by atoms with van der Waals surface area (Å²) in [5.41, 5.74) is 1.99. The predicted molar refractivity (Wildman–Crippen MR) is 77.6 cm³/mol. The van der Waals surface area contributed by atoms with Crippen LogP contribution in [0.25, 0.3) is 0 Å². The van der Waals surface area contributed by atoms with Crippen molar-refractivity contribution in [2.75, 3.05) is 12.4 Å². The van der Waals surface area contributed by atoms with Gasteiger partial charge in [-0.3, -0.25) is 9.78 Å². The van der Waals surface area contributed by atoms with Gasteiger partial charge in [0.05, 0.1) is 18.4 Å². The van der Waals surface area contributed by atoms with Crippen LogP contribution in [0.3, 0.4) is 0 Å². The molecule has 1 N–H and O–H groups in total. The fourth-order valence-electron chi connectivity index (χ4n) is 1.57. The molecular formula is C14H13BrN2O2. The number of hydrogen-bond acceptors (Lipinski definition) is 3. The smallest absolute Gasteiger partial charge is 0.257 e. The molecule has 0 saturated carbocycles. The maximum atomic E-state index is 12.1. The van der Waals surface area contributed by atoms with Crippen molar-refractivity contribution in [3.8, 4) is 5.75 Å². The molecule has 0 aliphatic rings. The molecule has 0 unspecified atom stereocenters. The number of aromatic nitrogens is 1. The Morgan fingerprint density at radius 3 is 2.74 bits per heavy atom. The highest BCUT2D eigenvalue weighted by Crippen LogP contribution is 2.28. The zero-order valence-corrected chi connectivity index (χ0v) is 12.2. The number of nitrogens with one attached hydrogen (secondary N) is 1. The third-order valence-corrected chi connectivity index (χ3v) is 3.08. The number of benzene rings is 1. The highest BCUT2D eigenvalue weighted by Gasteiger charge is 2.10. The normalized spacial score (nSPS) is 10.1. The molecule has 0 atom stereocenters. The standard InChI is InChI=1S/C14H13BrN2O2/c1-9-3-4-10(8-16-9)14(18)17-12-7-11(15)5-6-13(12)19-2/h3-8H,1-2H3,(H,17,18). The molecule has 1 amide bonds. The Kier molecular flexibility index (Phi) is 4.16. The van der Waals surface area contributed by atoms with Gasteiger partial charge in [0.1, 0.15) is 5.75 Å². The van der Waals surface area contributed by atoms with Crippen molar-refractivity contribution in [1.29, 1.82) is 0 Å². The molecule has 5 heteroatoms. The SMILES string of the molecule is COc1ccc(Br)cc1NC(=O)c1ccc(C)nc1. The zero-order chi connectivity index (χ0) is 13.8. The van der Waals surface area contributed by atoms with Gasteiger partial charge < -0.3 is 10.1 Å². The number of anilines is 1. The number of amides is 1. The first kappa shape index (κ1) is 13.5. The van der Waals surface area contributed by atoms with Gasteiger partial charge in [-0.05, 0) is 37.3 Å². The first-order chi connectivity index (χ1) is 9.10. The fraction of sp³-hybridized carbons (Fsp3) is 0.143. The summed E-state index contributed by atoms with van der Waals surface area (Å²) in [5.74, 6) is 0.389. The molecule has 1 heterocycles. The maximum Gasteiger partial charge on any atom is 0.257 e. The van der Waals surface area contributed by atoms with Crippen LogP contribution in [0.2, 0.25) is 0 Å². The zero-order valence-electron chi connectivity index (χ0n) is 10.6. The van der Waals surface area contributed by atoms with Crippen LogP contribution in [0.5, 0.6) is 5.75 Å². The van der Waals surface area contributed by atoms with E-state index in [1.807, 2.05) is 13.0 Å². The number of nitrogens with zero attached hydrogens (tertiary/aromatic N) is 1. The Balaban J connectivity index is 2.23. The lowest BCUT2D eigenvalue weighted by Crippen LogP contribution is -2.13. The van der Waals surface area contributed by atoms with Gasteiger partial charge >= 0.3 is 0 Å². The molecule has 2 rings (SSSR count). The minimum absolute atomic E-state index is 0.219. The summed E-state index contributed by atoms with van der Waals surface area (Å²) in [5, 5.41) is 2.80. The summed E-state index contributed by atoms with van der Waals surface area (Å²) >= 11 is 3.36. The molecule has 2 aromatic rings. The Bertz CT molecular complexity index is 597. The summed E-state index contributed by atoms with van der Waals surface area (Å²) < 4.78 is 6.07. The van der Waals surface area contributed by atoms with Gasteiger partial charge in [-0.15, -0.1) is 0 Å². The number of rotatable bonds is 3. The Morgan fingerprint density at radius 2 is 2.11 bits per heavy atom. The van der Waals surface area contributed by atoms with E-state index < -0.39 is 0 Å². The highest BCUT2D eigenvalue weighted by atomic mass is 79.9. The lowest BCUT2D eigenvalue weighted by atomic mass is 10.2. The second-order valence-electron chi connectivity index (χ2n) is 3.99. The van der Waals surface area contributed by atoms with Crippen molar-refractivity contribution in [3.05, 3.63) is 52.3 Å². The number of halogens is 1. The number of carbonyl (C=O) groups excluding carboxylic acids is 1. The van der Waals surface area contributed by atoms with E-state index in [-0.39, 0.29) is 5.91 Å². The molecule has 4 nitrogen and oxygen atoms in total. The van der Waals surface area contributed by atoms with Crippen LogP contribution in [0, 0.1) is 6.92 Å². The van der Waals surface area contributed by atoms with Crippen LogP contribution < -0.4 is 10.1 Å². The molecule has 98 valence electrons. The molecule has 0 radical (unpaired) electrons. The van der Waals surface area contributed by atoms with E-state index in [4.69, 9.17) is 4.74 Å². The molecule has 0 spiro atoms. The summed E-state index contributed by atoms with van der Waals surface area (Å²) in [6, 6.07) is 8.96. The van der Waals surface area contributed by atoms with Crippen molar-refractivity contribution in [1.82, 2.24) is 4.98 Å². The number of pyridine rings is 1. The molecular weight excluding hydrogens is 308 g/mol. The monoisotopic (exact) mass is 320 g/mol. The number of carbonyl (C=O) groups is 1. The van der Waals surface area contributed by atoms with Crippen molar-refractivity contribution in [2.45, 2.75) is 6.92 Å². The van der Waals surface area contributed by atoms with Crippen LogP contribution in [0.15, 0.2) is 41.0 Å². The first-order valence-electron chi connectivity index (χ1n) is 5.67. The van der Waals surface area contributed by atoms with Gasteiger partial charge in [0.2, 0.25) is 0 Å². The Hall–Kier alpha value is -1.88. The van der Waals surface area contributed by atoms with Crippen LogP contribution in [0.1, 0.15) is 16.1 Å². The van der Waals surface area contributed by atoms with Crippen molar-refractivity contribution in [2.24, 2.45) is 0 Å². The minimum atomic E-state index is -0.219. The molecule has 0 bridgehead atoms. The predicted octanol–water partition coefficient (Wildman–Crippen LogP) is 3.41. The summed E-state index contributed by atoms with van der Waals surface area (Å²) in [6.07, 6.45) is 1.55. The van der Waals surface area contributed by atoms with Crippen molar-refractivity contribution >= 4 is 27.5 Å². The second-order valence-corrected chi connectivity index (χ2v) is 4.90. The molecule has 1 aromatic heterocycles. The third kappa shape index (κ3) is 3.32. The minimum Gasteiger partial charge on any atom is -0.495 e. The summed E-state index contributed by atoms with van der Waals surface area (Å²) in [4.78, 5) is 16.2. The molecule has 0 fully saturated rings. The average Bonchev–Trinajstić information content (AvgIpc) is 2.39. The van der Waals surface area contributed by atoms with Gasteiger partial charge in [-0.1, -0.05) is 15.9 Å². The molecule has 1 aromatic carbocycles. The molecule has 0 aliphatic carbocycles. The lowest BCUT2D eigenvalue weighted by molar-refractivity contribution is 0.102. The van der Waals surface area contributed by atoms with E-state index in [1.54, 1.807) is 37.6 Å². The van der Waals surface area contributed by atoms with Crippen LogP contribution >= 0.6 is 15.9 Å². The van der Waals surface area contributed by atoms with E-state index in [0.29, 0.717) is 17.0 Å². The van der Waals surface area contributed by atoms with Crippen molar-refractivity contribution < 1.29 is 9.53 Å². The number of aryl methyl sites for hydroxylation is 1. The van der Waals surface area contributed by atoms with Gasteiger partial charge in [0, 0.05) is 16.4 Å². The van der Waals surface area contributed by atoms with Gasteiger partial charge in [-0.2, -0.15) is 0 Å². The largest absolute Gasteiger partial charge is 0.495 e. The Labute approximate surface area is 119 Å². The lowest BCUT2D eigenvalue weighted by Gasteiger charge is -2.10. The first-order valence-corrected chi connectivity index (χ1v) is 6.47. The average molecular weight is 321 g/mol. The maximum absolute atomic E-state index is 12.1. The topological polar surface area (TPSA) is 51.2 Å². The molecule has 19 heavy (non-hydrogen) atoms. The van der Waals surface area contributed by atoms with Gasteiger partial charge in [-0.25, -0.2) is 0 Å². The van der Waals surface area contributed by atoms with E-state index in [1.165, 1.54) is 0 Å². The molecule has 0 saturated heterocycles. The van der Waals surface area contributed by atoms with Crippen molar-refractivity contribution in [3.63, 3.8) is 0 Å². The van der Waals surface area contributed by atoms with E-state index >= 15 is 0 Å².